The zero-order valence-corrected chi connectivity index (χ0v) is 9.98. The van der Waals surface area contributed by atoms with Crippen LogP contribution in [0.15, 0.2) is 0 Å². The summed E-state index contributed by atoms with van der Waals surface area (Å²) in [5.74, 6) is 0. The minimum absolute atomic E-state index is 0. The quantitative estimate of drug-likeness (QED) is 0.248. The first-order valence-corrected chi connectivity index (χ1v) is 4.54. The van der Waals surface area contributed by atoms with Crippen LogP contribution in [0.3, 0.4) is 0 Å². The fraction of sp³-hybridized carbons (Fsp3) is 0. The standard InChI is InChI=1S/Ca.H3N.2H3O4P/c;;2*1-5(2,3)4/h;1H3;2*(H3,1,2,3,4)/q+2;;;/p-2. The largest absolute Gasteiger partial charge is 2.00 e. The molecule has 0 unspecified atom stereocenters. The molecule has 0 aliphatic heterocycles. The first-order chi connectivity index (χ1) is 4.00. The maximum atomic E-state index is 8.88. The van der Waals surface area contributed by atoms with E-state index in [1.165, 1.54) is 0 Å². The molecule has 0 amide bonds. The van der Waals surface area contributed by atoms with Crippen molar-refractivity contribution in [3.8, 4) is 0 Å². The summed E-state index contributed by atoms with van der Waals surface area (Å²) in [5.41, 5.74) is 0. The van der Waals surface area contributed by atoms with Gasteiger partial charge in [-0.3, -0.25) is 0 Å². The first kappa shape index (κ1) is 23.3. The predicted molar refractivity (Wildman–Crippen MR) is 33.6 cm³/mol. The molecule has 0 radical (unpaired) electrons. The molecular weight excluding hydrogens is 244 g/mol. The molecule has 0 atom stereocenters. The van der Waals surface area contributed by atoms with E-state index >= 15 is 0 Å². The molecule has 0 aliphatic carbocycles. The zero-order valence-electron chi connectivity index (χ0n) is 5.98. The molecule has 0 saturated heterocycles. The molecular formula is H7CaNO8P2. The number of phosphoric acid groups is 2. The Balaban J connectivity index is -0.0000000457. The van der Waals surface area contributed by atoms with E-state index in [0.717, 1.165) is 0 Å². The summed E-state index contributed by atoms with van der Waals surface area (Å²) in [4.78, 5) is 47.2. The van der Waals surface area contributed by atoms with Crippen molar-refractivity contribution in [1.29, 1.82) is 0 Å². The second-order valence-corrected chi connectivity index (χ2v) is 2.88. The van der Waals surface area contributed by atoms with Gasteiger partial charge in [0, 0.05) is 0 Å². The number of quaternary nitrogens is 1. The van der Waals surface area contributed by atoms with Crippen molar-refractivity contribution in [2.24, 2.45) is 0 Å². The van der Waals surface area contributed by atoms with E-state index in [4.69, 9.17) is 38.5 Å². The third-order valence-electron chi connectivity index (χ3n) is 0. The second-order valence-electron chi connectivity index (χ2n) is 0.960. The van der Waals surface area contributed by atoms with Gasteiger partial charge in [0.25, 0.3) is 0 Å². The van der Waals surface area contributed by atoms with E-state index in [2.05, 4.69) is 0 Å². The molecule has 0 bridgehead atoms. The fourth-order valence-corrected chi connectivity index (χ4v) is 0. The van der Waals surface area contributed by atoms with Crippen molar-refractivity contribution in [1.82, 2.24) is 6.15 Å². The molecule has 12 heteroatoms. The van der Waals surface area contributed by atoms with Crippen LogP contribution >= 0.6 is 15.6 Å². The predicted octanol–water partition coefficient (Wildman–Crippen LogP) is -3.76. The van der Waals surface area contributed by atoms with Gasteiger partial charge in [-0.1, -0.05) is 0 Å². The minimum Gasteiger partial charge on any atom is -0.822 e. The van der Waals surface area contributed by atoms with E-state index in [1.54, 1.807) is 0 Å². The summed E-state index contributed by atoms with van der Waals surface area (Å²) in [6, 6.07) is 0. The number of rotatable bonds is 0. The van der Waals surface area contributed by atoms with Crippen molar-refractivity contribution >= 4 is 53.4 Å². The molecule has 0 aromatic heterocycles. The van der Waals surface area contributed by atoms with Crippen molar-refractivity contribution in [3.05, 3.63) is 0 Å². The average Bonchev–Trinajstić information content (AvgIpc) is 1.12. The summed E-state index contributed by atoms with van der Waals surface area (Å²) in [7, 11) is -10.0. The topological polar surface area (TPSA) is 201 Å². The monoisotopic (exact) mass is 251 g/mol. The fourth-order valence-electron chi connectivity index (χ4n) is 0. The van der Waals surface area contributed by atoms with Crippen molar-refractivity contribution in [2.45, 2.75) is 0 Å². The van der Waals surface area contributed by atoms with Crippen molar-refractivity contribution < 1.29 is 38.5 Å². The van der Waals surface area contributed by atoms with Crippen LogP contribution in [0, 0.1) is 0 Å². The zero-order chi connectivity index (χ0) is 9.00. The Morgan fingerprint density at radius 3 is 0.917 bits per heavy atom. The normalized spacial score (nSPS) is 9.83. The SMILES string of the molecule is O=P(O)(O)O.O=P([O-])([O-])[O-].[Ca+2].[NH4+]. The Morgan fingerprint density at radius 1 is 0.917 bits per heavy atom. The van der Waals surface area contributed by atoms with Gasteiger partial charge >= 0.3 is 45.6 Å². The molecule has 0 aromatic rings. The summed E-state index contributed by atoms with van der Waals surface area (Å²) < 4.78 is 17.4. The molecule has 0 aromatic carbocycles. The Bertz CT molecular complexity index is 129. The van der Waals surface area contributed by atoms with Gasteiger partial charge in [-0.15, -0.1) is 0 Å². The van der Waals surface area contributed by atoms with Crippen molar-refractivity contribution in [2.75, 3.05) is 0 Å². The second kappa shape index (κ2) is 9.01. The summed E-state index contributed by atoms with van der Waals surface area (Å²) in [6.45, 7) is 0. The molecule has 0 spiro atoms. The number of hydrogen-bond donors (Lipinski definition) is 4. The van der Waals surface area contributed by atoms with Crippen LogP contribution < -0.4 is 20.8 Å². The van der Waals surface area contributed by atoms with Crippen LogP contribution in [0.1, 0.15) is 0 Å². The van der Waals surface area contributed by atoms with Gasteiger partial charge in [-0.25, -0.2) is 4.57 Å². The Morgan fingerprint density at radius 2 is 0.917 bits per heavy atom. The van der Waals surface area contributed by atoms with E-state index < -0.39 is 15.6 Å². The van der Waals surface area contributed by atoms with E-state index in [1.807, 2.05) is 0 Å². The Labute approximate surface area is 97.5 Å². The average molecular weight is 251 g/mol. The first-order valence-electron chi connectivity index (χ1n) is 1.51. The van der Waals surface area contributed by atoms with Gasteiger partial charge in [0.15, 0.2) is 0 Å². The van der Waals surface area contributed by atoms with Gasteiger partial charge in [0.05, 0.1) is 0 Å². The molecule has 72 valence electrons. The minimum atomic E-state index is -5.39. The Hall–Kier alpha value is 1.44. The van der Waals surface area contributed by atoms with Crippen LogP contribution in [0.2, 0.25) is 0 Å². The van der Waals surface area contributed by atoms with E-state index in [9.17, 15) is 0 Å². The third-order valence-corrected chi connectivity index (χ3v) is 0. The summed E-state index contributed by atoms with van der Waals surface area (Å²) in [5, 5.41) is 0. The van der Waals surface area contributed by atoms with Crippen LogP contribution in [0.4, 0.5) is 0 Å². The van der Waals surface area contributed by atoms with Gasteiger partial charge in [-0.2, -0.15) is 7.82 Å². The van der Waals surface area contributed by atoms with Crippen LogP contribution in [-0.4, -0.2) is 52.4 Å². The van der Waals surface area contributed by atoms with Gasteiger partial charge in [0.2, 0.25) is 0 Å². The smallest absolute Gasteiger partial charge is 0.822 e. The van der Waals surface area contributed by atoms with Crippen LogP contribution in [0.5, 0.6) is 0 Å². The van der Waals surface area contributed by atoms with Crippen LogP contribution in [-0.2, 0) is 9.13 Å². The van der Waals surface area contributed by atoms with Crippen molar-refractivity contribution in [3.63, 3.8) is 0 Å². The number of hydrogen-bond acceptors (Lipinski definition) is 5. The summed E-state index contributed by atoms with van der Waals surface area (Å²) in [6.07, 6.45) is 0. The van der Waals surface area contributed by atoms with Gasteiger partial charge < -0.3 is 40.1 Å². The maximum absolute atomic E-state index is 8.88. The molecule has 0 fully saturated rings. The van der Waals surface area contributed by atoms with E-state index in [-0.39, 0.29) is 43.9 Å². The molecule has 7 N–H and O–H groups in total. The van der Waals surface area contributed by atoms with Crippen LogP contribution in [0.25, 0.3) is 0 Å². The molecule has 0 saturated carbocycles. The maximum Gasteiger partial charge on any atom is 2.00 e. The van der Waals surface area contributed by atoms with E-state index in [0.29, 0.717) is 0 Å². The molecule has 0 rings (SSSR count). The Kier molecular flexibility index (Phi) is 17.5. The molecule has 9 nitrogen and oxygen atoms in total. The van der Waals surface area contributed by atoms with Gasteiger partial charge in [0.1, 0.15) is 0 Å². The molecule has 0 heterocycles. The molecule has 12 heavy (non-hydrogen) atoms. The third kappa shape index (κ3) is 601. The van der Waals surface area contributed by atoms with Gasteiger partial charge in [-0.05, 0) is 0 Å². The molecule has 0 aliphatic rings. The summed E-state index contributed by atoms with van der Waals surface area (Å²) >= 11 is 0.